The number of nitrogens with two attached hydrogens (primary N) is 1. The Morgan fingerprint density at radius 1 is 1.24 bits per heavy atom. The fourth-order valence-electron chi connectivity index (χ4n) is 2.34. The first-order chi connectivity index (χ1) is 12.0. The fraction of sp³-hybridized carbons (Fsp3) is 0.188. The van der Waals surface area contributed by atoms with Gasteiger partial charge in [0.2, 0.25) is 0 Å². The highest BCUT2D eigenvalue weighted by Crippen LogP contribution is 2.36. The van der Waals surface area contributed by atoms with Crippen LogP contribution in [0.3, 0.4) is 0 Å². The van der Waals surface area contributed by atoms with Crippen molar-refractivity contribution in [2.75, 3.05) is 20.0 Å². The van der Waals surface area contributed by atoms with Crippen molar-refractivity contribution >= 4 is 51.1 Å². The monoisotopic (exact) mass is 377 g/mol. The van der Waals surface area contributed by atoms with Crippen molar-refractivity contribution in [2.45, 2.75) is 10.9 Å². The van der Waals surface area contributed by atoms with Gasteiger partial charge in [-0.1, -0.05) is 23.9 Å². The van der Waals surface area contributed by atoms with E-state index in [2.05, 4.69) is 9.97 Å². The number of thioether (sulfide) groups is 1. The van der Waals surface area contributed by atoms with Crippen LogP contribution in [-0.4, -0.2) is 36.1 Å². The van der Waals surface area contributed by atoms with Gasteiger partial charge in [-0.2, -0.15) is 0 Å². The van der Waals surface area contributed by atoms with Crippen LogP contribution in [0.5, 0.6) is 0 Å². The largest absolute Gasteiger partial charge is 0.465 e. The minimum atomic E-state index is -0.580. The van der Waals surface area contributed by atoms with Crippen molar-refractivity contribution in [3.05, 3.63) is 40.3 Å². The van der Waals surface area contributed by atoms with Crippen molar-refractivity contribution in [3.8, 4) is 0 Å². The molecule has 2 heterocycles. The van der Waals surface area contributed by atoms with Crippen LogP contribution in [0.1, 0.15) is 25.6 Å². The number of para-hydroxylation sites is 2. The maximum atomic E-state index is 12.1. The number of nitrogens with one attached hydrogen (secondary N) is 1. The van der Waals surface area contributed by atoms with E-state index in [-0.39, 0.29) is 10.6 Å². The number of aromatic amines is 1. The third-order valence-corrected chi connectivity index (χ3v) is 5.46. The molecular weight excluding hydrogens is 362 g/mol. The second-order valence-electron chi connectivity index (χ2n) is 4.98. The van der Waals surface area contributed by atoms with Crippen molar-refractivity contribution in [1.82, 2.24) is 9.97 Å². The van der Waals surface area contributed by atoms with E-state index in [9.17, 15) is 9.59 Å². The standard InChI is InChI=1S/C16H15N3O4S2/c1-22-14(20)11-8(12(15(21)23-2)25-13(11)17)7-24-16-18-9-5-3-4-6-10(9)19-16/h3-6H,7,17H2,1-2H3,(H,18,19). The lowest BCUT2D eigenvalue weighted by molar-refractivity contribution is 0.0601. The lowest BCUT2D eigenvalue weighted by atomic mass is 10.1. The van der Waals surface area contributed by atoms with E-state index in [0.717, 1.165) is 22.4 Å². The summed E-state index contributed by atoms with van der Waals surface area (Å²) in [6, 6.07) is 7.65. The maximum absolute atomic E-state index is 12.1. The summed E-state index contributed by atoms with van der Waals surface area (Å²) in [6.07, 6.45) is 0. The number of rotatable bonds is 5. The SMILES string of the molecule is COC(=O)c1sc(N)c(C(=O)OC)c1CSc1nc2ccccc2[nH]1. The number of imidazole rings is 1. The lowest BCUT2D eigenvalue weighted by Crippen LogP contribution is -2.08. The molecule has 3 aromatic rings. The highest BCUT2D eigenvalue weighted by Gasteiger charge is 2.27. The van der Waals surface area contributed by atoms with Crippen LogP contribution >= 0.6 is 23.1 Å². The average molecular weight is 377 g/mol. The Balaban J connectivity index is 1.94. The normalized spacial score (nSPS) is 10.8. The van der Waals surface area contributed by atoms with Gasteiger partial charge in [0.05, 0.1) is 30.8 Å². The molecule has 0 saturated carbocycles. The van der Waals surface area contributed by atoms with Crippen molar-refractivity contribution in [1.29, 1.82) is 0 Å². The highest BCUT2D eigenvalue weighted by atomic mass is 32.2. The molecule has 0 atom stereocenters. The molecule has 0 aliphatic heterocycles. The van der Waals surface area contributed by atoms with Crippen LogP contribution in [0.25, 0.3) is 11.0 Å². The second kappa shape index (κ2) is 7.16. The van der Waals surface area contributed by atoms with E-state index in [1.165, 1.54) is 26.0 Å². The van der Waals surface area contributed by atoms with Crippen LogP contribution < -0.4 is 5.73 Å². The van der Waals surface area contributed by atoms with Gasteiger partial charge in [0.15, 0.2) is 5.16 Å². The lowest BCUT2D eigenvalue weighted by Gasteiger charge is -2.05. The molecule has 3 N–H and O–H groups in total. The summed E-state index contributed by atoms with van der Waals surface area (Å²) < 4.78 is 9.58. The van der Waals surface area contributed by atoms with Crippen LogP contribution in [0, 0.1) is 0 Å². The van der Waals surface area contributed by atoms with Gasteiger partial charge in [-0.05, 0) is 12.1 Å². The Bertz CT molecular complexity index is 915. The number of H-pyrrole nitrogens is 1. The third-order valence-electron chi connectivity index (χ3n) is 3.52. The van der Waals surface area contributed by atoms with Gasteiger partial charge >= 0.3 is 11.9 Å². The quantitative estimate of drug-likeness (QED) is 0.520. The number of anilines is 1. The number of esters is 2. The number of hydrogen-bond acceptors (Lipinski definition) is 8. The summed E-state index contributed by atoms with van der Waals surface area (Å²) >= 11 is 2.38. The first-order valence-corrected chi connectivity index (χ1v) is 9.00. The van der Waals surface area contributed by atoms with Crippen LogP contribution in [0.2, 0.25) is 0 Å². The first kappa shape index (κ1) is 17.3. The molecule has 0 spiro atoms. The van der Waals surface area contributed by atoms with Crippen molar-refractivity contribution in [2.24, 2.45) is 0 Å². The number of nitrogen functional groups attached to an aromatic ring is 1. The number of aromatic nitrogens is 2. The van der Waals surface area contributed by atoms with Crippen LogP contribution in [0.4, 0.5) is 5.00 Å². The molecule has 3 rings (SSSR count). The molecule has 0 aliphatic carbocycles. The Hall–Kier alpha value is -2.52. The minimum absolute atomic E-state index is 0.205. The summed E-state index contributed by atoms with van der Waals surface area (Å²) in [7, 11) is 2.56. The summed E-state index contributed by atoms with van der Waals surface area (Å²) in [5.74, 6) is -0.793. The molecule has 0 radical (unpaired) electrons. The molecule has 0 fully saturated rings. The number of benzene rings is 1. The number of thiophene rings is 1. The smallest absolute Gasteiger partial charge is 0.348 e. The maximum Gasteiger partial charge on any atom is 0.348 e. The number of hydrogen-bond donors (Lipinski definition) is 2. The molecule has 2 aromatic heterocycles. The van der Waals surface area contributed by atoms with Gasteiger partial charge in [0.25, 0.3) is 0 Å². The summed E-state index contributed by atoms with van der Waals surface area (Å²) in [5, 5.41) is 0.907. The van der Waals surface area contributed by atoms with Gasteiger partial charge in [0, 0.05) is 11.3 Å². The average Bonchev–Trinajstić information content (AvgIpc) is 3.18. The zero-order chi connectivity index (χ0) is 18.0. The molecule has 0 amide bonds. The summed E-state index contributed by atoms with van der Waals surface area (Å²) in [4.78, 5) is 32.0. The zero-order valence-corrected chi connectivity index (χ0v) is 15.1. The summed E-state index contributed by atoms with van der Waals surface area (Å²) in [5.41, 5.74) is 8.37. The number of fused-ring (bicyclic) bond motifs is 1. The van der Waals surface area contributed by atoms with E-state index in [4.69, 9.17) is 15.2 Å². The molecule has 7 nitrogen and oxygen atoms in total. The van der Waals surface area contributed by atoms with Crippen molar-refractivity contribution < 1.29 is 19.1 Å². The van der Waals surface area contributed by atoms with E-state index in [1.807, 2.05) is 24.3 Å². The van der Waals surface area contributed by atoms with E-state index in [0.29, 0.717) is 21.3 Å². The van der Waals surface area contributed by atoms with Crippen LogP contribution in [-0.2, 0) is 15.2 Å². The van der Waals surface area contributed by atoms with E-state index < -0.39 is 11.9 Å². The van der Waals surface area contributed by atoms with Crippen LogP contribution in [0.15, 0.2) is 29.4 Å². The Labute approximate surface area is 151 Å². The highest BCUT2D eigenvalue weighted by molar-refractivity contribution is 7.98. The Morgan fingerprint density at radius 2 is 1.96 bits per heavy atom. The molecule has 0 aliphatic rings. The molecule has 25 heavy (non-hydrogen) atoms. The second-order valence-corrected chi connectivity index (χ2v) is 7.00. The number of carbonyl (C=O) groups excluding carboxylic acids is 2. The summed E-state index contributed by atoms with van der Waals surface area (Å²) in [6.45, 7) is 0. The molecule has 9 heteroatoms. The molecular formula is C16H15N3O4S2. The van der Waals surface area contributed by atoms with E-state index >= 15 is 0 Å². The fourth-order valence-corrected chi connectivity index (χ4v) is 4.34. The van der Waals surface area contributed by atoms with Gasteiger partial charge in [-0.3, -0.25) is 0 Å². The molecule has 130 valence electrons. The van der Waals surface area contributed by atoms with E-state index in [1.54, 1.807) is 0 Å². The van der Waals surface area contributed by atoms with Gasteiger partial charge in [-0.15, -0.1) is 11.3 Å². The number of ether oxygens (including phenoxy) is 2. The molecule has 0 bridgehead atoms. The van der Waals surface area contributed by atoms with Crippen molar-refractivity contribution in [3.63, 3.8) is 0 Å². The minimum Gasteiger partial charge on any atom is -0.465 e. The molecule has 1 aromatic carbocycles. The van der Waals surface area contributed by atoms with Gasteiger partial charge < -0.3 is 20.2 Å². The van der Waals surface area contributed by atoms with Gasteiger partial charge in [0.1, 0.15) is 9.88 Å². The first-order valence-electron chi connectivity index (χ1n) is 7.20. The Kier molecular flexibility index (Phi) is 4.95. The third kappa shape index (κ3) is 3.33. The predicted molar refractivity (Wildman–Crippen MR) is 97.1 cm³/mol. The molecule has 0 saturated heterocycles. The van der Waals surface area contributed by atoms with Gasteiger partial charge in [-0.25, -0.2) is 14.6 Å². The predicted octanol–water partition coefficient (Wildman–Crippen LogP) is 3.07. The number of nitrogens with zero attached hydrogens (tertiary/aromatic N) is 1. The number of methoxy groups -OCH3 is 2. The Morgan fingerprint density at radius 3 is 2.64 bits per heavy atom. The zero-order valence-electron chi connectivity index (χ0n) is 13.5. The number of carbonyl (C=O) groups is 2. The molecule has 0 unspecified atom stereocenters. The topological polar surface area (TPSA) is 107 Å².